The molecule has 1 aromatic rings. The molecule has 1 aromatic carbocycles. The highest BCUT2D eigenvalue weighted by atomic mass is 35.5. The molecule has 0 spiro atoms. The molecule has 0 unspecified atom stereocenters. The fourth-order valence-electron chi connectivity index (χ4n) is 1.35. The molecule has 5 heteroatoms. The summed E-state index contributed by atoms with van der Waals surface area (Å²) >= 11 is 11.6. The van der Waals surface area contributed by atoms with Crippen LogP contribution in [0.4, 0.5) is 0 Å². The van der Waals surface area contributed by atoms with Crippen molar-refractivity contribution in [2.75, 3.05) is 0 Å². The summed E-state index contributed by atoms with van der Waals surface area (Å²) in [6.45, 7) is 3.53. The third kappa shape index (κ3) is 4.67. The van der Waals surface area contributed by atoms with Gasteiger partial charge < -0.3 is 4.74 Å². The first kappa shape index (κ1) is 15.0. The van der Waals surface area contributed by atoms with Crippen molar-refractivity contribution >= 4 is 35.0 Å². The first-order valence-electron chi connectivity index (χ1n) is 5.58. The second-order valence-corrected chi connectivity index (χ2v) is 4.91. The summed E-state index contributed by atoms with van der Waals surface area (Å²) in [7, 11) is 0. The molecule has 1 rings (SSSR count). The Morgan fingerprint density at radius 2 is 1.83 bits per heavy atom. The minimum atomic E-state index is -0.376. The van der Waals surface area contributed by atoms with E-state index in [2.05, 4.69) is 0 Å². The van der Waals surface area contributed by atoms with Crippen molar-refractivity contribution < 1.29 is 14.3 Å². The van der Waals surface area contributed by atoms with Crippen molar-refractivity contribution in [3.63, 3.8) is 0 Å². The zero-order valence-electron chi connectivity index (χ0n) is 10.2. The van der Waals surface area contributed by atoms with Gasteiger partial charge in [-0.1, -0.05) is 23.2 Å². The Balaban J connectivity index is 2.55. The van der Waals surface area contributed by atoms with E-state index in [-0.39, 0.29) is 30.7 Å². The molecular formula is C13H14Cl2O3. The Labute approximate surface area is 116 Å². The van der Waals surface area contributed by atoms with Crippen molar-refractivity contribution in [1.82, 2.24) is 0 Å². The molecule has 0 aliphatic rings. The summed E-state index contributed by atoms with van der Waals surface area (Å²) < 4.78 is 4.94. The molecule has 0 heterocycles. The van der Waals surface area contributed by atoms with Crippen LogP contribution in [-0.4, -0.2) is 17.9 Å². The molecule has 98 valence electrons. The van der Waals surface area contributed by atoms with Crippen LogP contribution in [-0.2, 0) is 9.53 Å². The summed E-state index contributed by atoms with van der Waals surface area (Å²) in [5.74, 6) is -0.535. The summed E-state index contributed by atoms with van der Waals surface area (Å²) in [5.41, 5.74) is 0.446. The van der Waals surface area contributed by atoms with E-state index in [4.69, 9.17) is 27.9 Å². The molecule has 0 saturated heterocycles. The van der Waals surface area contributed by atoms with Gasteiger partial charge in [-0.25, -0.2) is 0 Å². The van der Waals surface area contributed by atoms with Crippen molar-refractivity contribution in [3.8, 4) is 0 Å². The maximum atomic E-state index is 11.8. The Hall–Kier alpha value is -1.06. The van der Waals surface area contributed by atoms with E-state index in [1.165, 1.54) is 6.07 Å². The van der Waals surface area contributed by atoms with E-state index in [1.807, 2.05) is 0 Å². The third-order valence-electron chi connectivity index (χ3n) is 2.16. The molecule has 0 saturated carbocycles. The van der Waals surface area contributed by atoms with Gasteiger partial charge in [0.25, 0.3) is 0 Å². The number of halogens is 2. The highest BCUT2D eigenvalue weighted by molar-refractivity contribution is 6.42. The highest BCUT2D eigenvalue weighted by Gasteiger charge is 2.12. The normalized spacial score (nSPS) is 10.5. The lowest BCUT2D eigenvalue weighted by atomic mass is 10.1. The summed E-state index contributed by atoms with van der Waals surface area (Å²) in [5, 5.41) is 0.722. The molecule has 0 bridgehead atoms. The maximum Gasteiger partial charge on any atom is 0.306 e. The van der Waals surface area contributed by atoms with Crippen molar-refractivity contribution in [2.24, 2.45) is 0 Å². The molecular weight excluding hydrogens is 275 g/mol. The Morgan fingerprint density at radius 1 is 1.17 bits per heavy atom. The molecule has 18 heavy (non-hydrogen) atoms. The van der Waals surface area contributed by atoms with Crippen LogP contribution in [0.25, 0.3) is 0 Å². The number of carbonyl (C=O) groups excluding carboxylic acids is 2. The number of benzene rings is 1. The quantitative estimate of drug-likeness (QED) is 0.609. The molecule has 0 amide bonds. The van der Waals surface area contributed by atoms with Crippen molar-refractivity contribution in [3.05, 3.63) is 33.8 Å². The van der Waals surface area contributed by atoms with Crippen LogP contribution in [0.5, 0.6) is 0 Å². The van der Waals surface area contributed by atoms with E-state index in [1.54, 1.807) is 26.0 Å². The summed E-state index contributed by atoms with van der Waals surface area (Å²) in [4.78, 5) is 23.1. The van der Waals surface area contributed by atoms with Gasteiger partial charge in [-0.15, -0.1) is 0 Å². The van der Waals surface area contributed by atoms with Crippen molar-refractivity contribution in [2.45, 2.75) is 32.8 Å². The van der Waals surface area contributed by atoms with Crippen LogP contribution in [0.15, 0.2) is 18.2 Å². The number of hydrogen-bond donors (Lipinski definition) is 0. The van der Waals surface area contributed by atoms with Gasteiger partial charge in [0.15, 0.2) is 5.78 Å². The number of hydrogen-bond acceptors (Lipinski definition) is 3. The first-order valence-corrected chi connectivity index (χ1v) is 6.33. The molecule has 0 atom stereocenters. The Morgan fingerprint density at radius 3 is 2.39 bits per heavy atom. The van der Waals surface area contributed by atoms with Crippen LogP contribution >= 0.6 is 23.2 Å². The van der Waals surface area contributed by atoms with Crippen LogP contribution in [0.3, 0.4) is 0 Å². The number of ether oxygens (including phenoxy) is 1. The van der Waals surface area contributed by atoms with Gasteiger partial charge in [0, 0.05) is 12.0 Å². The molecule has 0 aliphatic carbocycles. The van der Waals surface area contributed by atoms with Gasteiger partial charge in [-0.05, 0) is 32.0 Å². The van der Waals surface area contributed by atoms with Gasteiger partial charge in [0.2, 0.25) is 0 Å². The lowest BCUT2D eigenvalue weighted by Gasteiger charge is -2.07. The van der Waals surface area contributed by atoms with E-state index >= 15 is 0 Å². The zero-order chi connectivity index (χ0) is 13.7. The molecule has 0 fully saturated rings. The smallest absolute Gasteiger partial charge is 0.306 e. The fourth-order valence-corrected chi connectivity index (χ4v) is 1.65. The predicted octanol–water partition coefficient (Wildman–Crippen LogP) is 3.91. The van der Waals surface area contributed by atoms with Gasteiger partial charge in [0.1, 0.15) is 0 Å². The highest BCUT2D eigenvalue weighted by Crippen LogP contribution is 2.23. The molecule has 0 N–H and O–H groups in total. The average molecular weight is 289 g/mol. The van der Waals surface area contributed by atoms with Gasteiger partial charge in [0.05, 0.1) is 22.6 Å². The molecule has 0 radical (unpaired) electrons. The van der Waals surface area contributed by atoms with Crippen LogP contribution < -0.4 is 0 Å². The summed E-state index contributed by atoms with van der Waals surface area (Å²) in [6.07, 6.45) is -0.00147. The molecule has 3 nitrogen and oxygen atoms in total. The number of ketones is 1. The topological polar surface area (TPSA) is 43.4 Å². The van der Waals surface area contributed by atoms with E-state index in [9.17, 15) is 9.59 Å². The summed E-state index contributed by atoms with van der Waals surface area (Å²) in [6, 6.07) is 4.65. The fraction of sp³-hybridized carbons (Fsp3) is 0.385. The standard InChI is InChI=1S/C13H14Cl2O3/c1-8(2)18-13(17)6-5-12(16)9-3-4-10(14)11(15)7-9/h3-4,7-8H,5-6H2,1-2H3. The van der Waals surface area contributed by atoms with Gasteiger partial charge >= 0.3 is 5.97 Å². The first-order chi connectivity index (χ1) is 8.40. The Bertz CT molecular complexity index is 456. The molecule has 0 aromatic heterocycles. The average Bonchev–Trinajstić information content (AvgIpc) is 2.28. The zero-order valence-corrected chi connectivity index (χ0v) is 11.7. The minimum absolute atomic E-state index is 0.0667. The third-order valence-corrected chi connectivity index (χ3v) is 2.90. The van der Waals surface area contributed by atoms with E-state index < -0.39 is 0 Å². The van der Waals surface area contributed by atoms with Crippen LogP contribution in [0.1, 0.15) is 37.0 Å². The molecule has 0 aliphatic heterocycles. The Kier molecular flexibility index (Phi) is 5.63. The minimum Gasteiger partial charge on any atom is -0.463 e. The van der Waals surface area contributed by atoms with Gasteiger partial charge in [-0.3, -0.25) is 9.59 Å². The largest absolute Gasteiger partial charge is 0.463 e. The van der Waals surface area contributed by atoms with E-state index in [0.717, 1.165) is 0 Å². The number of esters is 1. The second kappa shape index (κ2) is 6.76. The van der Waals surface area contributed by atoms with E-state index in [0.29, 0.717) is 15.6 Å². The lowest BCUT2D eigenvalue weighted by molar-refractivity contribution is -0.147. The van der Waals surface area contributed by atoms with Crippen LogP contribution in [0, 0.1) is 0 Å². The maximum absolute atomic E-state index is 11.8. The van der Waals surface area contributed by atoms with Crippen LogP contribution in [0.2, 0.25) is 10.0 Å². The van der Waals surface area contributed by atoms with Gasteiger partial charge in [-0.2, -0.15) is 0 Å². The van der Waals surface area contributed by atoms with Crippen molar-refractivity contribution in [1.29, 1.82) is 0 Å². The monoisotopic (exact) mass is 288 g/mol. The number of rotatable bonds is 5. The number of carbonyl (C=O) groups is 2. The SMILES string of the molecule is CC(C)OC(=O)CCC(=O)c1ccc(Cl)c(Cl)c1. The number of Topliss-reactive ketones (excluding diaryl/α,β-unsaturated/α-hetero) is 1. The lowest BCUT2D eigenvalue weighted by Crippen LogP contribution is -2.12. The predicted molar refractivity (Wildman–Crippen MR) is 71.3 cm³/mol. The second-order valence-electron chi connectivity index (χ2n) is 4.09.